The number of nitrogens with zero attached hydrogens (tertiary/aromatic N) is 3. The van der Waals surface area contributed by atoms with E-state index in [1.165, 1.54) is 0 Å². The van der Waals surface area contributed by atoms with Crippen molar-refractivity contribution in [1.29, 1.82) is 0 Å². The number of aromatic nitrogens is 3. The summed E-state index contributed by atoms with van der Waals surface area (Å²) in [5, 5.41) is 7.12. The van der Waals surface area contributed by atoms with Crippen LogP contribution in [0.3, 0.4) is 0 Å². The largest absolute Gasteiger partial charge is 0.302 e. The van der Waals surface area contributed by atoms with Crippen molar-refractivity contribution in [2.75, 3.05) is 19.6 Å². The van der Waals surface area contributed by atoms with E-state index in [1.54, 1.807) is 0 Å². The molecule has 0 spiro atoms. The number of hydrogen-bond donors (Lipinski definition) is 1. The molecule has 0 aliphatic carbocycles. The van der Waals surface area contributed by atoms with Gasteiger partial charge in [0.25, 0.3) is 0 Å². The van der Waals surface area contributed by atoms with E-state index < -0.39 is 0 Å². The lowest BCUT2D eigenvalue weighted by atomic mass is 10.3. The summed E-state index contributed by atoms with van der Waals surface area (Å²) in [4.78, 5) is 2.40. The minimum atomic E-state index is 0.376. The summed E-state index contributed by atoms with van der Waals surface area (Å²) in [5.74, 6) is 1.05. The molecule has 1 rings (SSSR count). The number of H-pyrrole nitrogens is 1. The van der Waals surface area contributed by atoms with Crippen LogP contribution in [0.15, 0.2) is 0 Å². The Morgan fingerprint density at radius 3 is 2.50 bits per heavy atom. The van der Waals surface area contributed by atoms with Crippen molar-refractivity contribution in [2.24, 2.45) is 0 Å². The van der Waals surface area contributed by atoms with Gasteiger partial charge in [0.1, 0.15) is 5.82 Å². The highest BCUT2D eigenvalue weighted by atomic mass is 32.1. The van der Waals surface area contributed by atoms with Gasteiger partial charge in [0.05, 0.1) is 0 Å². The Morgan fingerprint density at radius 2 is 2.00 bits per heavy atom. The van der Waals surface area contributed by atoms with Crippen LogP contribution in [0.1, 0.15) is 39.6 Å². The standard InChI is InChI=1S/C11H22N4S/c1-5-10-12-13-11(16)15(10)9(4)8-14(6-2)7-3/h9H,5-8H2,1-4H3,(H,13,16). The molecular weight excluding hydrogens is 220 g/mol. The maximum absolute atomic E-state index is 5.27. The number of aromatic amines is 1. The van der Waals surface area contributed by atoms with Crippen LogP contribution in [0, 0.1) is 4.77 Å². The molecule has 0 fully saturated rings. The second-order valence-corrected chi connectivity index (χ2v) is 4.39. The lowest BCUT2D eigenvalue weighted by Gasteiger charge is -2.24. The molecular formula is C11H22N4S. The van der Waals surface area contributed by atoms with Crippen LogP contribution in [0.5, 0.6) is 0 Å². The first-order valence-electron chi connectivity index (χ1n) is 6.02. The normalized spacial score (nSPS) is 13.3. The van der Waals surface area contributed by atoms with Gasteiger partial charge in [0, 0.05) is 19.0 Å². The maximum Gasteiger partial charge on any atom is 0.195 e. The topological polar surface area (TPSA) is 36.9 Å². The molecule has 16 heavy (non-hydrogen) atoms. The highest BCUT2D eigenvalue weighted by Crippen LogP contribution is 2.11. The molecule has 1 heterocycles. The van der Waals surface area contributed by atoms with Gasteiger partial charge in [-0.3, -0.25) is 5.10 Å². The van der Waals surface area contributed by atoms with Crippen LogP contribution in [-0.4, -0.2) is 39.3 Å². The predicted octanol–water partition coefficient (Wildman–Crippen LogP) is 2.41. The second kappa shape index (κ2) is 6.15. The van der Waals surface area contributed by atoms with Gasteiger partial charge in [0.2, 0.25) is 0 Å². The van der Waals surface area contributed by atoms with Crippen LogP contribution in [-0.2, 0) is 6.42 Å². The van der Waals surface area contributed by atoms with Crippen LogP contribution in [0.4, 0.5) is 0 Å². The average molecular weight is 242 g/mol. The van der Waals surface area contributed by atoms with Crippen molar-refractivity contribution >= 4 is 12.2 Å². The zero-order chi connectivity index (χ0) is 12.1. The van der Waals surface area contributed by atoms with Gasteiger partial charge in [-0.15, -0.1) is 0 Å². The second-order valence-electron chi connectivity index (χ2n) is 4.00. The Hall–Kier alpha value is -0.680. The zero-order valence-corrected chi connectivity index (χ0v) is 11.5. The summed E-state index contributed by atoms with van der Waals surface area (Å²) in [7, 11) is 0. The Bertz CT molecular complexity index is 364. The number of likely N-dealkylation sites (N-methyl/N-ethyl adjacent to an activating group) is 1. The van der Waals surface area contributed by atoms with E-state index in [0.717, 1.165) is 36.7 Å². The molecule has 0 aliphatic heterocycles. The lowest BCUT2D eigenvalue weighted by molar-refractivity contribution is 0.258. The van der Waals surface area contributed by atoms with Gasteiger partial charge in [0.15, 0.2) is 4.77 Å². The third-order valence-electron chi connectivity index (χ3n) is 2.95. The Morgan fingerprint density at radius 1 is 1.38 bits per heavy atom. The fourth-order valence-electron chi connectivity index (χ4n) is 1.98. The van der Waals surface area contributed by atoms with Crippen LogP contribution in [0.25, 0.3) is 0 Å². The van der Waals surface area contributed by atoms with E-state index >= 15 is 0 Å². The highest BCUT2D eigenvalue weighted by Gasteiger charge is 2.13. The molecule has 92 valence electrons. The van der Waals surface area contributed by atoms with E-state index in [0.29, 0.717) is 6.04 Å². The van der Waals surface area contributed by atoms with Crippen molar-refractivity contribution in [1.82, 2.24) is 19.7 Å². The molecule has 0 aliphatic rings. The van der Waals surface area contributed by atoms with E-state index in [1.807, 2.05) is 0 Å². The number of nitrogens with one attached hydrogen (secondary N) is 1. The first kappa shape index (κ1) is 13.4. The minimum Gasteiger partial charge on any atom is -0.302 e. The quantitative estimate of drug-likeness (QED) is 0.778. The first-order chi connectivity index (χ1) is 7.63. The predicted molar refractivity (Wildman–Crippen MR) is 69.3 cm³/mol. The summed E-state index contributed by atoms with van der Waals surface area (Å²) in [6, 6.07) is 0.376. The Kier molecular flexibility index (Phi) is 5.15. The third kappa shape index (κ3) is 2.92. The van der Waals surface area contributed by atoms with Crippen LogP contribution in [0.2, 0.25) is 0 Å². The van der Waals surface area contributed by atoms with Crippen LogP contribution >= 0.6 is 12.2 Å². The van der Waals surface area contributed by atoms with E-state index in [4.69, 9.17) is 12.2 Å². The molecule has 0 bridgehead atoms. The van der Waals surface area contributed by atoms with Crippen molar-refractivity contribution in [3.63, 3.8) is 0 Å². The average Bonchev–Trinajstić information content (AvgIpc) is 2.67. The molecule has 0 saturated carbocycles. The molecule has 0 saturated heterocycles. The molecule has 1 atom stereocenters. The Labute approximate surface area is 103 Å². The molecule has 1 aromatic rings. The van der Waals surface area contributed by atoms with E-state index in [9.17, 15) is 0 Å². The van der Waals surface area contributed by atoms with Crippen molar-refractivity contribution in [2.45, 2.75) is 40.2 Å². The van der Waals surface area contributed by atoms with Gasteiger partial charge in [-0.2, -0.15) is 5.10 Å². The van der Waals surface area contributed by atoms with Crippen molar-refractivity contribution < 1.29 is 0 Å². The fourth-order valence-corrected chi connectivity index (χ4v) is 2.31. The summed E-state index contributed by atoms with van der Waals surface area (Å²) in [6.07, 6.45) is 0.912. The molecule has 0 amide bonds. The fraction of sp³-hybridized carbons (Fsp3) is 0.818. The molecule has 0 aromatic carbocycles. The number of hydrogen-bond acceptors (Lipinski definition) is 3. The Balaban J connectivity index is 2.82. The van der Waals surface area contributed by atoms with Crippen LogP contribution < -0.4 is 0 Å². The molecule has 1 aromatic heterocycles. The molecule has 0 radical (unpaired) electrons. The summed E-state index contributed by atoms with van der Waals surface area (Å²) >= 11 is 5.27. The lowest BCUT2D eigenvalue weighted by Crippen LogP contribution is -2.30. The van der Waals surface area contributed by atoms with E-state index in [-0.39, 0.29) is 0 Å². The van der Waals surface area contributed by atoms with Gasteiger partial charge < -0.3 is 9.47 Å². The number of aryl methyl sites for hydroxylation is 1. The smallest absolute Gasteiger partial charge is 0.195 e. The maximum atomic E-state index is 5.27. The van der Waals surface area contributed by atoms with Gasteiger partial charge >= 0.3 is 0 Å². The summed E-state index contributed by atoms with van der Waals surface area (Å²) in [6.45, 7) is 11.8. The van der Waals surface area contributed by atoms with Gasteiger partial charge in [-0.25, -0.2) is 0 Å². The van der Waals surface area contributed by atoms with E-state index in [2.05, 4.69) is 47.4 Å². The molecule has 1 N–H and O–H groups in total. The molecule has 1 unspecified atom stereocenters. The summed E-state index contributed by atoms with van der Waals surface area (Å²) in [5.41, 5.74) is 0. The molecule has 5 heteroatoms. The number of rotatable bonds is 6. The minimum absolute atomic E-state index is 0.376. The zero-order valence-electron chi connectivity index (χ0n) is 10.7. The summed E-state index contributed by atoms with van der Waals surface area (Å²) < 4.78 is 2.87. The monoisotopic (exact) mass is 242 g/mol. The first-order valence-corrected chi connectivity index (χ1v) is 6.42. The molecule has 4 nitrogen and oxygen atoms in total. The van der Waals surface area contributed by atoms with Gasteiger partial charge in [-0.1, -0.05) is 20.8 Å². The SMILES string of the molecule is CCc1n[nH]c(=S)n1C(C)CN(CC)CC. The van der Waals surface area contributed by atoms with Crippen molar-refractivity contribution in [3.8, 4) is 0 Å². The highest BCUT2D eigenvalue weighted by molar-refractivity contribution is 7.71. The van der Waals surface area contributed by atoms with Crippen molar-refractivity contribution in [3.05, 3.63) is 10.6 Å². The third-order valence-corrected chi connectivity index (χ3v) is 3.24. The van der Waals surface area contributed by atoms with Gasteiger partial charge in [-0.05, 0) is 32.2 Å².